The lowest BCUT2D eigenvalue weighted by Crippen LogP contribution is -2.29. The highest BCUT2D eigenvalue weighted by Crippen LogP contribution is 2.32. The minimum atomic E-state index is 0.136. The Balaban J connectivity index is 2.33. The van der Waals surface area contributed by atoms with Crippen molar-refractivity contribution >= 4 is 0 Å². The predicted molar refractivity (Wildman–Crippen MR) is 73.1 cm³/mol. The van der Waals surface area contributed by atoms with Crippen molar-refractivity contribution < 1.29 is 9.84 Å². The van der Waals surface area contributed by atoms with Crippen LogP contribution in [0.1, 0.15) is 35.6 Å². The lowest BCUT2D eigenvalue weighted by molar-refractivity contribution is 0.146. The molecule has 1 aliphatic heterocycles. The molecule has 1 unspecified atom stereocenters. The molecular formula is C15H23NO2. The summed E-state index contributed by atoms with van der Waals surface area (Å²) in [5, 5.41) is 9.71. The Morgan fingerprint density at radius 1 is 1.22 bits per heavy atom. The normalized spacial score (nSPS) is 18.0. The lowest BCUT2D eigenvalue weighted by atomic mass is 9.96. The topological polar surface area (TPSA) is 32.7 Å². The van der Waals surface area contributed by atoms with Crippen LogP contribution < -0.4 is 4.74 Å². The molecule has 18 heavy (non-hydrogen) atoms. The molecule has 0 saturated carbocycles. The third-order valence-corrected chi connectivity index (χ3v) is 4.11. The van der Waals surface area contributed by atoms with E-state index in [2.05, 4.69) is 24.8 Å². The number of aliphatic hydroxyl groups is 1. The van der Waals surface area contributed by atoms with Gasteiger partial charge < -0.3 is 9.84 Å². The molecule has 3 nitrogen and oxygen atoms in total. The van der Waals surface area contributed by atoms with Crippen molar-refractivity contribution in [3.05, 3.63) is 28.8 Å². The Morgan fingerprint density at radius 2 is 1.89 bits per heavy atom. The van der Waals surface area contributed by atoms with Crippen LogP contribution in [0.3, 0.4) is 0 Å². The molecule has 1 aromatic rings. The monoisotopic (exact) mass is 249 g/mol. The molecule has 100 valence electrons. The van der Waals surface area contributed by atoms with E-state index in [9.17, 15) is 5.11 Å². The van der Waals surface area contributed by atoms with Gasteiger partial charge in [-0.05, 0) is 62.5 Å². The van der Waals surface area contributed by atoms with Crippen LogP contribution in [0.25, 0.3) is 0 Å². The van der Waals surface area contributed by atoms with Crippen LogP contribution in [-0.2, 0) is 0 Å². The van der Waals surface area contributed by atoms with Gasteiger partial charge >= 0.3 is 0 Å². The Hall–Kier alpha value is -1.06. The van der Waals surface area contributed by atoms with Crippen LogP contribution in [-0.4, -0.2) is 36.8 Å². The number of hydrogen-bond acceptors (Lipinski definition) is 3. The standard InChI is InChI=1S/C15H23NO2/c1-11-12(2)15(18-3)7-6-13(11)14(10-17)16-8-4-5-9-16/h6-7,14,17H,4-5,8-10H2,1-3H3. The zero-order valence-electron chi connectivity index (χ0n) is 11.6. The maximum absolute atomic E-state index is 9.71. The summed E-state index contributed by atoms with van der Waals surface area (Å²) in [6.07, 6.45) is 2.48. The zero-order valence-corrected chi connectivity index (χ0v) is 11.6. The molecule has 1 N–H and O–H groups in total. The summed E-state index contributed by atoms with van der Waals surface area (Å²) in [6.45, 7) is 6.57. The van der Waals surface area contributed by atoms with Gasteiger partial charge in [-0.15, -0.1) is 0 Å². The van der Waals surface area contributed by atoms with E-state index in [0.717, 1.165) is 18.8 Å². The average Bonchev–Trinajstić information content (AvgIpc) is 2.89. The van der Waals surface area contributed by atoms with E-state index in [1.165, 1.54) is 29.5 Å². The second-order valence-electron chi connectivity index (χ2n) is 5.05. The number of aliphatic hydroxyl groups excluding tert-OH is 1. The van der Waals surface area contributed by atoms with E-state index >= 15 is 0 Å². The molecular weight excluding hydrogens is 226 g/mol. The Kier molecular flexibility index (Phi) is 4.25. The zero-order chi connectivity index (χ0) is 13.1. The fourth-order valence-corrected chi connectivity index (χ4v) is 2.86. The van der Waals surface area contributed by atoms with Crippen molar-refractivity contribution in [1.29, 1.82) is 0 Å². The summed E-state index contributed by atoms with van der Waals surface area (Å²) < 4.78 is 5.34. The van der Waals surface area contributed by atoms with E-state index < -0.39 is 0 Å². The minimum Gasteiger partial charge on any atom is -0.496 e. The van der Waals surface area contributed by atoms with Gasteiger partial charge in [0, 0.05) is 0 Å². The smallest absolute Gasteiger partial charge is 0.122 e. The van der Waals surface area contributed by atoms with Gasteiger partial charge in [0.15, 0.2) is 0 Å². The lowest BCUT2D eigenvalue weighted by Gasteiger charge is -2.28. The Morgan fingerprint density at radius 3 is 2.44 bits per heavy atom. The number of hydrogen-bond donors (Lipinski definition) is 1. The summed E-state index contributed by atoms with van der Waals surface area (Å²) in [5.41, 5.74) is 3.64. The predicted octanol–water partition coefficient (Wildman–Crippen LogP) is 2.44. The van der Waals surface area contributed by atoms with E-state index in [0.29, 0.717) is 0 Å². The van der Waals surface area contributed by atoms with Crippen LogP contribution in [0.5, 0.6) is 5.75 Å². The molecule has 0 radical (unpaired) electrons. The largest absolute Gasteiger partial charge is 0.496 e. The quantitative estimate of drug-likeness (QED) is 0.889. The highest BCUT2D eigenvalue weighted by atomic mass is 16.5. The summed E-state index contributed by atoms with van der Waals surface area (Å²) in [4.78, 5) is 2.38. The minimum absolute atomic E-state index is 0.136. The molecule has 1 saturated heterocycles. The number of nitrogens with zero attached hydrogens (tertiary/aromatic N) is 1. The molecule has 1 aromatic carbocycles. The summed E-state index contributed by atoms with van der Waals surface area (Å²) >= 11 is 0. The molecule has 0 aliphatic carbocycles. The van der Waals surface area contributed by atoms with E-state index in [4.69, 9.17) is 4.74 Å². The van der Waals surface area contributed by atoms with Gasteiger partial charge in [-0.25, -0.2) is 0 Å². The molecule has 0 aromatic heterocycles. The van der Waals surface area contributed by atoms with Crippen molar-refractivity contribution in [2.75, 3.05) is 26.8 Å². The number of rotatable bonds is 4. The SMILES string of the molecule is COc1ccc(C(CO)N2CCCC2)c(C)c1C. The molecule has 0 amide bonds. The average molecular weight is 249 g/mol. The molecule has 1 heterocycles. The Labute approximate surface area is 109 Å². The van der Waals surface area contributed by atoms with Gasteiger partial charge in [-0.2, -0.15) is 0 Å². The van der Waals surface area contributed by atoms with Gasteiger partial charge in [0.05, 0.1) is 19.8 Å². The Bertz CT molecular complexity index is 411. The maximum atomic E-state index is 9.71. The third kappa shape index (κ3) is 2.38. The second kappa shape index (κ2) is 5.72. The van der Waals surface area contributed by atoms with E-state index in [-0.39, 0.29) is 12.6 Å². The van der Waals surface area contributed by atoms with Gasteiger partial charge in [-0.3, -0.25) is 4.90 Å². The highest BCUT2D eigenvalue weighted by molar-refractivity contribution is 5.44. The van der Waals surface area contributed by atoms with Gasteiger partial charge in [-0.1, -0.05) is 6.07 Å². The summed E-state index contributed by atoms with van der Waals surface area (Å²) in [5.74, 6) is 0.925. The van der Waals surface area contributed by atoms with Crippen molar-refractivity contribution in [2.24, 2.45) is 0 Å². The van der Waals surface area contributed by atoms with Crippen molar-refractivity contribution in [3.63, 3.8) is 0 Å². The van der Waals surface area contributed by atoms with Crippen LogP contribution in [0.2, 0.25) is 0 Å². The van der Waals surface area contributed by atoms with Crippen LogP contribution in [0.4, 0.5) is 0 Å². The van der Waals surface area contributed by atoms with Crippen molar-refractivity contribution in [1.82, 2.24) is 4.90 Å². The first-order chi connectivity index (χ1) is 8.69. The molecule has 3 heteroatoms. The van der Waals surface area contributed by atoms with E-state index in [1.54, 1.807) is 7.11 Å². The van der Waals surface area contributed by atoms with Crippen molar-refractivity contribution in [3.8, 4) is 5.75 Å². The molecule has 2 rings (SSSR count). The fourth-order valence-electron chi connectivity index (χ4n) is 2.86. The first-order valence-corrected chi connectivity index (χ1v) is 6.68. The molecule has 1 atom stereocenters. The van der Waals surface area contributed by atoms with Gasteiger partial charge in [0.25, 0.3) is 0 Å². The first kappa shape index (κ1) is 13.4. The van der Waals surface area contributed by atoms with Crippen LogP contribution in [0, 0.1) is 13.8 Å². The van der Waals surface area contributed by atoms with E-state index in [1.807, 2.05) is 6.07 Å². The fraction of sp³-hybridized carbons (Fsp3) is 0.600. The number of benzene rings is 1. The maximum Gasteiger partial charge on any atom is 0.122 e. The van der Waals surface area contributed by atoms with Crippen LogP contribution >= 0.6 is 0 Å². The van der Waals surface area contributed by atoms with Gasteiger partial charge in [0.2, 0.25) is 0 Å². The molecule has 1 fully saturated rings. The molecule has 0 spiro atoms. The van der Waals surface area contributed by atoms with Crippen molar-refractivity contribution in [2.45, 2.75) is 32.7 Å². The van der Waals surface area contributed by atoms with Gasteiger partial charge in [0.1, 0.15) is 5.75 Å². The molecule has 1 aliphatic rings. The van der Waals surface area contributed by atoms with Crippen LogP contribution in [0.15, 0.2) is 12.1 Å². The third-order valence-electron chi connectivity index (χ3n) is 4.11. The number of likely N-dealkylation sites (tertiary alicyclic amines) is 1. The second-order valence-corrected chi connectivity index (χ2v) is 5.05. The number of methoxy groups -OCH3 is 1. The summed E-state index contributed by atoms with van der Waals surface area (Å²) in [7, 11) is 1.70. The first-order valence-electron chi connectivity index (χ1n) is 6.68. The molecule has 0 bridgehead atoms. The summed E-state index contributed by atoms with van der Waals surface area (Å²) in [6, 6.07) is 4.24. The number of ether oxygens (including phenoxy) is 1. The highest BCUT2D eigenvalue weighted by Gasteiger charge is 2.24.